The van der Waals surface area contributed by atoms with Gasteiger partial charge < -0.3 is 4.74 Å². The van der Waals surface area contributed by atoms with E-state index in [1.807, 2.05) is 0 Å². The third kappa shape index (κ3) is 7.63. The van der Waals surface area contributed by atoms with Gasteiger partial charge >= 0.3 is 0 Å². The van der Waals surface area contributed by atoms with E-state index in [1.54, 1.807) is 0 Å². The number of hydrogen-bond acceptors (Lipinski definition) is 2. The van der Waals surface area contributed by atoms with E-state index in [0.29, 0.717) is 5.92 Å². The molecule has 3 heteroatoms. The van der Waals surface area contributed by atoms with E-state index in [1.165, 1.54) is 70.6 Å². The zero-order valence-corrected chi connectivity index (χ0v) is 14.0. The molecule has 1 aliphatic heterocycles. The van der Waals surface area contributed by atoms with Crippen molar-refractivity contribution in [3.63, 3.8) is 0 Å². The van der Waals surface area contributed by atoms with Gasteiger partial charge in [-0.05, 0) is 12.8 Å². The van der Waals surface area contributed by atoms with Crippen LogP contribution in [0.5, 0.6) is 0 Å². The van der Waals surface area contributed by atoms with Crippen molar-refractivity contribution in [1.82, 2.24) is 0 Å². The van der Waals surface area contributed by atoms with Gasteiger partial charge in [0, 0.05) is 5.92 Å². The second-order valence-electron chi connectivity index (χ2n) is 6.27. The Morgan fingerprint density at radius 2 is 1.57 bits per heavy atom. The molecule has 0 N–H and O–H groups in total. The van der Waals surface area contributed by atoms with Crippen LogP contribution in [0.3, 0.4) is 0 Å². The maximum absolute atomic E-state index is 11.5. The lowest BCUT2D eigenvalue weighted by molar-refractivity contribution is -0.124. The molecular formula is C18H33NO2. The summed E-state index contributed by atoms with van der Waals surface area (Å²) in [7, 11) is 0. The predicted molar refractivity (Wildman–Crippen MR) is 88.6 cm³/mol. The van der Waals surface area contributed by atoms with Gasteiger partial charge in [0.2, 0.25) is 0 Å². The van der Waals surface area contributed by atoms with Crippen molar-refractivity contribution >= 4 is 12.3 Å². The van der Waals surface area contributed by atoms with E-state index >= 15 is 0 Å². The summed E-state index contributed by atoms with van der Waals surface area (Å²) in [4.78, 5) is 15.2. The number of aliphatic imine (C=N–C) groups is 1. The topological polar surface area (TPSA) is 38.7 Å². The quantitative estimate of drug-likeness (QED) is 0.434. The van der Waals surface area contributed by atoms with Gasteiger partial charge in [-0.15, -0.1) is 0 Å². The summed E-state index contributed by atoms with van der Waals surface area (Å²) in [6, 6.07) is 0. The highest BCUT2D eigenvalue weighted by Crippen LogP contribution is 2.23. The standard InChI is InChI=1S/C18H33NO2/c1-3-5-6-7-8-9-10-11-12-13-14-16(4-2)17-18(20)19-15-21-17/h15-17H,3-14H2,1-2H3. The molecule has 1 heterocycles. The largest absolute Gasteiger partial charge is 0.470 e. The molecule has 0 spiro atoms. The minimum Gasteiger partial charge on any atom is -0.470 e. The highest BCUT2D eigenvalue weighted by molar-refractivity contribution is 5.91. The van der Waals surface area contributed by atoms with Crippen molar-refractivity contribution in [3.05, 3.63) is 0 Å². The van der Waals surface area contributed by atoms with Crippen LogP contribution in [0, 0.1) is 5.92 Å². The molecule has 122 valence electrons. The first-order valence-corrected chi connectivity index (χ1v) is 9.01. The summed E-state index contributed by atoms with van der Waals surface area (Å²) in [6.07, 6.45) is 16.6. The fraction of sp³-hybridized carbons (Fsp3) is 0.889. The highest BCUT2D eigenvalue weighted by atomic mass is 16.5. The van der Waals surface area contributed by atoms with Crippen LogP contribution >= 0.6 is 0 Å². The fourth-order valence-corrected chi connectivity index (χ4v) is 3.06. The molecule has 2 unspecified atom stereocenters. The molecule has 0 aromatic carbocycles. The van der Waals surface area contributed by atoms with Crippen LogP contribution < -0.4 is 0 Å². The normalized spacial score (nSPS) is 19.0. The van der Waals surface area contributed by atoms with Crippen LogP contribution in [0.25, 0.3) is 0 Å². The molecule has 3 nitrogen and oxygen atoms in total. The smallest absolute Gasteiger partial charge is 0.289 e. The third-order valence-corrected chi connectivity index (χ3v) is 4.51. The molecule has 1 rings (SSSR count). The van der Waals surface area contributed by atoms with E-state index in [2.05, 4.69) is 18.8 Å². The van der Waals surface area contributed by atoms with Gasteiger partial charge in [0.1, 0.15) is 0 Å². The lowest BCUT2D eigenvalue weighted by Gasteiger charge is -2.19. The van der Waals surface area contributed by atoms with Crippen LogP contribution in [0.4, 0.5) is 0 Å². The molecule has 0 aromatic rings. The summed E-state index contributed by atoms with van der Waals surface area (Å²) in [5.74, 6) is 0.253. The molecule has 1 amide bonds. The highest BCUT2D eigenvalue weighted by Gasteiger charge is 2.30. The monoisotopic (exact) mass is 295 g/mol. The van der Waals surface area contributed by atoms with Crippen molar-refractivity contribution < 1.29 is 9.53 Å². The molecule has 0 bridgehead atoms. The van der Waals surface area contributed by atoms with Crippen LogP contribution in [0.1, 0.15) is 90.9 Å². The van der Waals surface area contributed by atoms with Crippen molar-refractivity contribution in [3.8, 4) is 0 Å². The molecule has 21 heavy (non-hydrogen) atoms. The van der Waals surface area contributed by atoms with Crippen LogP contribution in [-0.2, 0) is 9.53 Å². The first-order chi connectivity index (χ1) is 10.3. The number of amides is 1. The van der Waals surface area contributed by atoms with Gasteiger partial charge in [0.05, 0.1) is 0 Å². The van der Waals surface area contributed by atoms with Crippen LogP contribution in [-0.4, -0.2) is 18.4 Å². The van der Waals surface area contributed by atoms with Crippen molar-refractivity contribution in [2.24, 2.45) is 10.9 Å². The van der Waals surface area contributed by atoms with E-state index in [4.69, 9.17) is 4.74 Å². The van der Waals surface area contributed by atoms with Crippen molar-refractivity contribution in [2.75, 3.05) is 0 Å². The molecule has 0 radical (unpaired) electrons. The Bertz CT molecular complexity index is 302. The summed E-state index contributed by atoms with van der Waals surface area (Å²) in [5, 5.41) is 0. The Kier molecular flexibility index (Phi) is 10.2. The van der Waals surface area contributed by atoms with Crippen molar-refractivity contribution in [2.45, 2.75) is 97.0 Å². The number of hydrogen-bond donors (Lipinski definition) is 0. The summed E-state index contributed by atoms with van der Waals surface area (Å²) in [6.45, 7) is 4.40. The van der Waals surface area contributed by atoms with Crippen LogP contribution in [0.2, 0.25) is 0 Å². The zero-order chi connectivity index (χ0) is 15.3. The van der Waals surface area contributed by atoms with Gasteiger partial charge in [0.25, 0.3) is 5.91 Å². The molecule has 2 atom stereocenters. The van der Waals surface area contributed by atoms with Crippen LogP contribution in [0.15, 0.2) is 4.99 Å². The van der Waals surface area contributed by atoms with Gasteiger partial charge in [-0.3, -0.25) is 4.79 Å². The first-order valence-electron chi connectivity index (χ1n) is 9.01. The van der Waals surface area contributed by atoms with Gasteiger partial charge in [0.15, 0.2) is 12.5 Å². The third-order valence-electron chi connectivity index (χ3n) is 4.51. The minimum absolute atomic E-state index is 0.0890. The number of nitrogens with zero attached hydrogens (tertiary/aromatic N) is 1. The molecule has 0 aliphatic carbocycles. The fourth-order valence-electron chi connectivity index (χ4n) is 3.06. The van der Waals surface area contributed by atoms with E-state index < -0.39 is 0 Å². The molecule has 0 saturated carbocycles. The van der Waals surface area contributed by atoms with Crippen molar-refractivity contribution in [1.29, 1.82) is 0 Å². The Morgan fingerprint density at radius 1 is 1.00 bits per heavy atom. The van der Waals surface area contributed by atoms with E-state index in [-0.39, 0.29) is 12.0 Å². The molecule has 0 aromatic heterocycles. The summed E-state index contributed by atoms with van der Waals surface area (Å²) >= 11 is 0. The molecular weight excluding hydrogens is 262 g/mol. The Labute approximate surface area is 130 Å². The number of ether oxygens (including phenoxy) is 1. The summed E-state index contributed by atoms with van der Waals surface area (Å²) in [5.41, 5.74) is 0. The summed E-state index contributed by atoms with van der Waals surface area (Å²) < 4.78 is 5.32. The SMILES string of the molecule is CCCCCCCCCCCCC(CC)C1OC=NC1=O. The number of carbonyl (C=O) groups excluding carboxylic acids is 1. The molecule has 0 saturated heterocycles. The maximum atomic E-state index is 11.5. The molecule has 1 aliphatic rings. The maximum Gasteiger partial charge on any atom is 0.289 e. The second kappa shape index (κ2) is 11.8. The Hall–Kier alpha value is -0.860. The lowest BCUT2D eigenvalue weighted by Crippen LogP contribution is -2.26. The Balaban J connectivity index is 1.94. The number of rotatable bonds is 13. The zero-order valence-electron chi connectivity index (χ0n) is 14.0. The van der Waals surface area contributed by atoms with E-state index in [0.717, 1.165) is 12.8 Å². The first kappa shape index (κ1) is 18.2. The average Bonchev–Trinajstić information content (AvgIpc) is 2.91. The minimum atomic E-state index is -0.298. The van der Waals surface area contributed by atoms with Gasteiger partial charge in [-0.1, -0.05) is 78.1 Å². The average molecular weight is 295 g/mol. The molecule has 0 fully saturated rings. The van der Waals surface area contributed by atoms with Gasteiger partial charge in [-0.25, -0.2) is 0 Å². The predicted octanol–water partition coefficient (Wildman–Crippen LogP) is 5.28. The second-order valence-corrected chi connectivity index (χ2v) is 6.27. The number of unbranched alkanes of at least 4 members (excludes halogenated alkanes) is 9. The number of carbonyl (C=O) groups is 1. The Morgan fingerprint density at radius 3 is 2.05 bits per heavy atom. The lowest BCUT2D eigenvalue weighted by atomic mass is 9.92. The van der Waals surface area contributed by atoms with Gasteiger partial charge in [-0.2, -0.15) is 4.99 Å². The van der Waals surface area contributed by atoms with E-state index in [9.17, 15) is 4.79 Å².